The largest absolute Gasteiger partial charge is 0.323 e. The standard InChI is InChI=1S/C17H14BrN5/c1-11-4-2-3-5-14(11)16-10-15(12-6-8-13(18)9-7-12)19-17-20-21-22-23(16)17/h2-10,16H,1H3,(H,19,20,22)/t16-/m1/s1. The number of anilines is 1. The van der Waals surface area contributed by atoms with Crippen LogP contribution in [0, 0.1) is 6.92 Å². The second kappa shape index (κ2) is 5.62. The zero-order chi connectivity index (χ0) is 15.8. The Kier molecular flexibility index (Phi) is 3.46. The molecule has 1 aromatic heterocycles. The van der Waals surface area contributed by atoms with E-state index in [4.69, 9.17) is 0 Å². The van der Waals surface area contributed by atoms with Crippen molar-refractivity contribution in [2.24, 2.45) is 0 Å². The fourth-order valence-electron chi connectivity index (χ4n) is 2.79. The molecule has 0 saturated carbocycles. The molecule has 2 heterocycles. The predicted octanol–water partition coefficient (Wildman–Crippen LogP) is 3.80. The molecule has 23 heavy (non-hydrogen) atoms. The van der Waals surface area contributed by atoms with E-state index in [-0.39, 0.29) is 6.04 Å². The molecule has 0 unspecified atom stereocenters. The zero-order valence-corrected chi connectivity index (χ0v) is 14.0. The van der Waals surface area contributed by atoms with E-state index in [0.29, 0.717) is 5.95 Å². The average molecular weight is 368 g/mol. The molecule has 0 saturated heterocycles. The van der Waals surface area contributed by atoms with E-state index in [1.807, 2.05) is 28.9 Å². The van der Waals surface area contributed by atoms with E-state index in [2.05, 4.69) is 74.0 Å². The minimum Gasteiger partial charge on any atom is -0.323 e. The van der Waals surface area contributed by atoms with Crippen LogP contribution in [0.2, 0.25) is 0 Å². The fraction of sp³-hybridized carbons (Fsp3) is 0.118. The van der Waals surface area contributed by atoms with Crippen molar-refractivity contribution in [3.05, 3.63) is 75.8 Å². The van der Waals surface area contributed by atoms with Gasteiger partial charge in [-0.2, -0.15) is 4.68 Å². The van der Waals surface area contributed by atoms with E-state index in [0.717, 1.165) is 15.7 Å². The number of tetrazole rings is 1. The van der Waals surface area contributed by atoms with Gasteiger partial charge in [0.2, 0.25) is 5.95 Å². The molecule has 3 aromatic rings. The van der Waals surface area contributed by atoms with Crippen molar-refractivity contribution in [3.63, 3.8) is 0 Å². The van der Waals surface area contributed by atoms with Gasteiger partial charge in [-0.25, -0.2) is 0 Å². The van der Waals surface area contributed by atoms with Crippen LogP contribution in [0.1, 0.15) is 22.7 Å². The van der Waals surface area contributed by atoms with Crippen LogP contribution >= 0.6 is 15.9 Å². The van der Waals surface area contributed by atoms with Gasteiger partial charge in [-0.3, -0.25) is 0 Å². The Morgan fingerprint density at radius 2 is 1.87 bits per heavy atom. The summed E-state index contributed by atoms with van der Waals surface area (Å²) in [5, 5.41) is 15.4. The molecule has 1 aliphatic heterocycles. The summed E-state index contributed by atoms with van der Waals surface area (Å²) < 4.78 is 2.86. The molecule has 114 valence electrons. The highest BCUT2D eigenvalue weighted by Gasteiger charge is 2.25. The number of rotatable bonds is 2. The quantitative estimate of drug-likeness (QED) is 0.748. The summed E-state index contributed by atoms with van der Waals surface area (Å²) in [5.74, 6) is 0.652. The summed E-state index contributed by atoms with van der Waals surface area (Å²) in [5.41, 5.74) is 4.51. The molecule has 2 aromatic carbocycles. The van der Waals surface area contributed by atoms with Crippen molar-refractivity contribution in [1.82, 2.24) is 20.2 Å². The number of halogens is 1. The van der Waals surface area contributed by atoms with Crippen molar-refractivity contribution in [3.8, 4) is 0 Å². The molecule has 0 bridgehead atoms. The number of aryl methyl sites for hydroxylation is 1. The fourth-order valence-corrected chi connectivity index (χ4v) is 3.06. The SMILES string of the molecule is Cc1ccccc1[C@H]1C=C(c2ccc(Br)cc2)Nc2nnnn21. The average Bonchev–Trinajstić information content (AvgIpc) is 3.04. The molecule has 0 aliphatic carbocycles. The number of aromatic nitrogens is 4. The number of nitrogens with one attached hydrogen (secondary N) is 1. The smallest absolute Gasteiger partial charge is 0.248 e. The van der Waals surface area contributed by atoms with Gasteiger partial charge < -0.3 is 5.32 Å². The minimum absolute atomic E-state index is 0.0268. The monoisotopic (exact) mass is 367 g/mol. The Morgan fingerprint density at radius 1 is 1.09 bits per heavy atom. The third kappa shape index (κ3) is 2.55. The Balaban J connectivity index is 1.83. The van der Waals surface area contributed by atoms with E-state index < -0.39 is 0 Å². The first kappa shape index (κ1) is 14.1. The number of hydrogen-bond acceptors (Lipinski definition) is 4. The van der Waals surface area contributed by atoms with E-state index in [1.165, 1.54) is 11.1 Å². The Bertz CT molecular complexity index is 882. The number of nitrogens with zero attached hydrogens (tertiary/aromatic N) is 4. The molecule has 0 fully saturated rings. The maximum absolute atomic E-state index is 4.14. The molecule has 5 nitrogen and oxygen atoms in total. The van der Waals surface area contributed by atoms with Crippen molar-refractivity contribution in [2.75, 3.05) is 5.32 Å². The molecular formula is C17H14BrN5. The molecule has 1 atom stereocenters. The Morgan fingerprint density at radius 3 is 2.65 bits per heavy atom. The molecule has 0 radical (unpaired) electrons. The molecule has 0 amide bonds. The van der Waals surface area contributed by atoms with Gasteiger partial charge in [0, 0.05) is 10.2 Å². The summed E-state index contributed by atoms with van der Waals surface area (Å²) in [6.45, 7) is 2.11. The number of fused-ring (bicyclic) bond motifs is 1. The zero-order valence-electron chi connectivity index (χ0n) is 12.4. The van der Waals surface area contributed by atoms with Crippen LogP contribution in [0.3, 0.4) is 0 Å². The lowest BCUT2D eigenvalue weighted by atomic mass is 9.98. The van der Waals surface area contributed by atoms with Gasteiger partial charge in [0.05, 0.1) is 0 Å². The predicted molar refractivity (Wildman–Crippen MR) is 92.9 cm³/mol. The first-order valence-electron chi connectivity index (χ1n) is 7.30. The van der Waals surface area contributed by atoms with Crippen LogP contribution in [-0.4, -0.2) is 20.2 Å². The molecule has 4 rings (SSSR count). The van der Waals surface area contributed by atoms with Crippen LogP contribution in [0.15, 0.2) is 59.1 Å². The summed E-state index contributed by atoms with van der Waals surface area (Å²) in [7, 11) is 0. The maximum Gasteiger partial charge on any atom is 0.248 e. The summed E-state index contributed by atoms with van der Waals surface area (Å²) in [4.78, 5) is 0. The first-order chi connectivity index (χ1) is 11.2. The number of allylic oxidation sites excluding steroid dienone is 1. The van der Waals surface area contributed by atoms with Crippen LogP contribution in [0.4, 0.5) is 5.95 Å². The first-order valence-corrected chi connectivity index (χ1v) is 8.10. The molecule has 1 N–H and O–H groups in total. The third-order valence-corrected chi connectivity index (χ3v) is 4.52. The van der Waals surface area contributed by atoms with Crippen LogP contribution < -0.4 is 5.32 Å². The summed E-state index contributed by atoms with van der Waals surface area (Å²) in [6.07, 6.45) is 2.16. The third-order valence-electron chi connectivity index (χ3n) is 3.99. The molecular weight excluding hydrogens is 354 g/mol. The highest BCUT2D eigenvalue weighted by Crippen LogP contribution is 2.33. The van der Waals surface area contributed by atoms with Gasteiger partial charge in [-0.15, -0.1) is 0 Å². The normalized spacial score (nSPS) is 16.4. The number of hydrogen-bond donors (Lipinski definition) is 1. The van der Waals surface area contributed by atoms with Crippen LogP contribution in [-0.2, 0) is 0 Å². The maximum atomic E-state index is 4.14. The summed E-state index contributed by atoms with van der Waals surface area (Å²) in [6, 6.07) is 16.5. The van der Waals surface area contributed by atoms with Gasteiger partial charge >= 0.3 is 0 Å². The highest BCUT2D eigenvalue weighted by molar-refractivity contribution is 9.10. The van der Waals surface area contributed by atoms with Crippen LogP contribution in [0.25, 0.3) is 5.70 Å². The second-order valence-corrected chi connectivity index (χ2v) is 6.38. The topological polar surface area (TPSA) is 55.6 Å². The van der Waals surface area contributed by atoms with E-state index in [9.17, 15) is 0 Å². The van der Waals surface area contributed by atoms with E-state index in [1.54, 1.807) is 0 Å². The van der Waals surface area contributed by atoms with Crippen molar-refractivity contribution in [1.29, 1.82) is 0 Å². The minimum atomic E-state index is -0.0268. The van der Waals surface area contributed by atoms with Gasteiger partial charge in [0.25, 0.3) is 0 Å². The van der Waals surface area contributed by atoms with Gasteiger partial charge in [0.1, 0.15) is 6.04 Å². The van der Waals surface area contributed by atoms with Crippen molar-refractivity contribution >= 4 is 27.6 Å². The van der Waals surface area contributed by atoms with Gasteiger partial charge in [0.15, 0.2) is 0 Å². The Labute approximate surface area is 142 Å². The summed E-state index contributed by atoms with van der Waals surface area (Å²) >= 11 is 3.47. The molecule has 6 heteroatoms. The van der Waals surface area contributed by atoms with E-state index >= 15 is 0 Å². The van der Waals surface area contributed by atoms with Crippen molar-refractivity contribution in [2.45, 2.75) is 13.0 Å². The lowest BCUT2D eigenvalue weighted by Crippen LogP contribution is -2.20. The molecule has 1 aliphatic rings. The Hall–Kier alpha value is -2.47. The van der Waals surface area contributed by atoms with Crippen LogP contribution in [0.5, 0.6) is 0 Å². The lowest BCUT2D eigenvalue weighted by molar-refractivity contribution is 0.583. The lowest BCUT2D eigenvalue weighted by Gasteiger charge is -2.24. The second-order valence-electron chi connectivity index (χ2n) is 5.46. The van der Waals surface area contributed by atoms with Gasteiger partial charge in [-0.05, 0) is 52.2 Å². The molecule has 0 spiro atoms. The van der Waals surface area contributed by atoms with Gasteiger partial charge in [-0.1, -0.05) is 57.4 Å². The number of benzene rings is 2. The highest BCUT2D eigenvalue weighted by atomic mass is 79.9. The van der Waals surface area contributed by atoms with Crippen molar-refractivity contribution < 1.29 is 0 Å².